The first-order chi connectivity index (χ1) is 8.18. The molecule has 1 aromatic rings. The van der Waals surface area contributed by atoms with E-state index in [9.17, 15) is 0 Å². The van der Waals surface area contributed by atoms with Gasteiger partial charge >= 0.3 is 0 Å². The molecule has 0 amide bonds. The van der Waals surface area contributed by atoms with Crippen molar-refractivity contribution in [3.8, 4) is 0 Å². The highest BCUT2D eigenvalue weighted by Gasteiger charge is 2.49. The topological polar surface area (TPSA) is 15.3 Å². The summed E-state index contributed by atoms with van der Waals surface area (Å²) in [6.07, 6.45) is 0. The zero-order valence-electron chi connectivity index (χ0n) is 10.8. The van der Waals surface area contributed by atoms with E-state index in [1.807, 2.05) is 0 Å². The van der Waals surface area contributed by atoms with Gasteiger partial charge in [0.1, 0.15) is 0 Å². The Balaban J connectivity index is 1.77. The summed E-state index contributed by atoms with van der Waals surface area (Å²) in [5.74, 6) is 1.68. The molecule has 2 nitrogen and oxygen atoms in total. The van der Waals surface area contributed by atoms with Crippen LogP contribution in [0.2, 0.25) is 0 Å². The van der Waals surface area contributed by atoms with Crippen LogP contribution in [0.1, 0.15) is 19.4 Å². The number of hydrogen-bond donors (Lipinski definition) is 1. The molecule has 2 heteroatoms. The van der Waals surface area contributed by atoms with E-state index in [0.29, 0.717) is 5.54 Å². The summed E-state index contributed by atoms with van der Waals surface area (Å²) in [6, 6.07) is 10.9. The molecule has 2 unspecified atom stereocenters. The molecule has 0 radical (unpaired) electrons. The van der Waals surface area contributed by atoms with Crippen molar-refractivity contribution < 1.29 is 0 Å². The Hall–Kier alpha value is -0.860. The molecular formula is C15H22N2. The summed E-state index contributed by atoms with van der Waals surface area (Å²) in [5, 5.41) is 3.54. The lowest BCUT2D eigenvalue weighted by atomic mass is 9.85. The maximum atomic E-state index is 3.54. The zero-order valence-corrected chi connectivity index (χ0v) is 10.8. The van der Waals surface area contributed by atoms with E-state index in [2.05, 4.69) is 54.4 Å². The fourth-order valence-corrected chi connectivity index (χ4v) is 3.58. The van der Waals surface area contributed by atoms with Crippen molar-refractivity contribution in [2.24, 2.45) is 11.8 Å². The van der Waals surface area contributed by atoms with Crippen molar-refractivity contribution in [1.82, 2.24) is 10.2 Å². The Kier molecular flexibility index (Phi) is 2.72. The zero-order chi connectivity index (χ0) is 11.9. The second kappa shape index (κ2) is 4.11. The predicted molar refractivity (Wildman–Crippen MR) is 70.8 cm³/mol. The van der Waals surface area contributed by atoms with E-state index >= 15 is 0 Å². The number of nitrogens with zero attached hydrogens (tertiary/aromatic N) is 1. The van der Waals surface area contributed by atoms with Crippen LogP contribution in [0.25, 0.3) is 0 Å². The van der Waals surface area contributed by atoms with Gasteiger partial charge in [-0.2, -0.15) is 0 Å². The van der Waals surface area contributed by atoms with E-state index in [0.717, 1.165) is 18.4 Å². The number of fused-ring (bicyclic) bond motifs is 1. The Morgan fingerprint density at radius 1 is 1.24 bits per heavy atom. The van der Waals surface area contributed by atoms with Crippen molar-refractivity contribution in [1.29, 1.82) is 0 Å². The predicted octanol–water partition coefficient (Wildman–Crippen LogP) is 2.12. The molecule has 2 aliphatic rings. The standard InChI is InChI=1S/C15H22N2/c1-15(2)14-9-16-8-13(14)11-17(15)10-12-6-4-3-5-7-12/h3-7,13-14,16H,8-11H2,1-2H3. The summed E-state index contributed by atoms with van der Waals surface area (Å²) < 4.78 is 0. The summed E-state index contributed by atoms with van der Waals surface area (Å²) in [7, 11) is 0. The SMILES string of the molecule is CC1(C)C2CNCC2CN1Cc1ccccc1. The Morgan fingerprint density at radius 2 is 2.00 bits per heavy atom. The van der Waals surface area contributed by atoms with Gasteiger partial charge in [0.05, 0.1) is 0 Å². The number of likely N-dealkylation sites (tertiary alicyclic amines) is 1. The lowest BCUT2D eigenvalue weighted by Gasteiger charge is -2.35. The minimum Gasteiger partial charge on any atom is -0.316 e. The Bertz CT molecular complexity index is 385. The van der Waals surface area contributed by atoms with E-state index < -0.39 is 0 Å². The van der Waals surface area contributed by atoms with Crippen LogP contribution in [0, 0.1) is 11.8 Å². The van der Waals surface area contributed by atoms with E-state index in [-0.39, 0.29) is 0 Å². The molecule has 1 aromatic carbocycles. The molecule has 0 saturated carbocycles. The van der Waals surface area contributed by atoms with Crippen LogP contribution in [0.5, 0.6) is 0 Å². The van der Waals surface area contributed by atoms with Crippen LogP contribution in [0.15, 0.2) is 30.3 Å². The van der Waals surface area contributed by atoms with Crippen molar-refractivity contribution in [3.05, 3.63) is 35.9 Å². The van der Waals surface area contributed by atoms with Gasteiger partial charge in [0.15, 0.2) is 0 Å². The van der Waals surface area contributed by atoms with E-state index in [1.165, 1.54) is 25.2 Å². The maximum absolute atomic E-state index is 3.54. The van der Waals surface area contributed by atoms with Gasteiger partial charge in [0.25, 0.3) is 0 Å². The van der Waals surface area contributed by atoms with E-state index in [4.69, 9.17) is 0 Å². The van der Waals surface area contributed by atoms with Gasteiger partial charge in [-0.05, 0) is 37.8 Å². The third-order valence-corrected chi connectivity index (χ3v) is 4.73. The first-order valence-corrected chi connectivity index (χ1v) is 6.67. The highest BCUT2D eigenvalue weighted by Crippen LogP contribution is 2.41. The minimum atomic E-state index is 0.337. The normalized spacial score (nSPS) is 31.6. The lowest BCUT2D eigenvalue weighted by Crippen LogP contribution is -2.43. The average molecular weight is 230 g/mol. The number of benzene rings is 1. The molecule has 2 atom stereocenters. The molecule has 2 aliphatic heterocycles. The van der Waals surface area contributed by atoms with Gasteiger partial charge in [-0.25, -0.2) is 0 Å². The van der Waals surface area contributed by atoms with Crippen LogP contribution >= 0.6 is 0 Å². The minimum absolute atomic E-state index is 0.337. The summed E-state index contributed by atoms with van der Waals surface area (Å²) in [5.41, 5.74) is 1.78. The van der Waals surface area contributed by atoms with Crippen molar-refractivity contribution >= 4 is 0 Å². The molecule has 1 N–H and O–H groups in total. The quantitative estimate of drug-likeness (QED) is 0.837. The third-order valence-electron chi connectivity index (χ3n) is 4.73. The molecule has 92 valence electrons. The smallest absolute Gasteiger partial charge is 0.0239 e. The second-order valence-electron chi connectivity index (χ2n) is 6.04. The monoisotopic (exact) mass is 230 g/mol. The molecule has 2 saturated heterocycles. The van der Waals surface area contributed by atoms with Crippen molar-refractivity contribution in [3.63, 3.8) is 0 Å². The molecule has 0 aromatic heterocycles. The second-order valence-corrected chi connectivity index (χ2v) is 6.04. The summed E-state index contributed by atoms with van der Waals surface area (Å²) in [4.78, 5) is 2.67. The highest BCUT2D eigenvalue weighted by atomic mass is 15.2. The first-order valence-electron chi connectivity index (χ1n) is 6.67. The van der Waals surface area contributed by atoms with Gasteiger partial charge in [0.2, 0.25) is 0 Å². The molecule has 2 heterocycles. The van der Waals surface area contributed by atoms with Gasteiger partial charge in [-0.3, -0.25) is 4.90 Å². The van der Waals surface area contributed by atoms with Gasteiger partial charge in [0, 0.05) is 25.2 Å². The molecule has 17 heavy (non-hydrogen) atoms. The number of rotatable bonds is 2. The molecular weight excluding hydrogens is 208 g/mol. The molecule has 0 bridgehead atoms. The van der Waals surface area contributed by atoms with Crippen molar-refractivity contribution in [2.45, 2.75) is 25.9 Å². The van der Waals surface area contributed by atoms with Crippen LogP contribution < -0.4 is 5.32 Å². The molecule has 2 fully saturated rings. The third kappa shape index (κ3) is 1.90. The van der Waals surface area contributed by atoms with Gasteiger partial charge < -0.3 is 5.32 Å². The Labute approximate surface area is 104 Å². The summed E-state index contributed by atoms with van der Waals surface area (Å²) >= 11 is 0. The number of hydrogen-bond acceptors (Lipinski definition) is 2. The maximum Gasteiger partial charge on any atom is 0.0239 e. The largest absolute Gasteiger partial charge is 0.316 e. The van der Waals surface area contributed by atoms with Gasteiger partial charge in [-0.15, -0.1) is 0 Å². The fourth-order valence-electron chi connectivity index (χ4n) is 3.58. The van der Waals surface area contributed by atoms with E-state index in [1.54, 1.807) is 0 Å². The van der Waals surface area contributed by atoms with Crippen LogP contribution in [0.4, 0.5) is 0 Å². The van der Waals surface area contributed by atoms with Crippen LogP contribution in [0.3, 0.4) is 0 Å². The first kappa shape index (κ1) is 11.2. The molecule has 0 spiro atoms. The van der Waals surface area contributed by atoms with Crippen molar-refractivity contribution in [2.75, 3.05) is 19.6 Å². The Morgan fingerprint density at radius 3 is 2.71 bits per heavy atom. The summed E-state index contributed by atoms with van der Waals surface area (Å²) in [6.45, 7) is 9.57. The highest BCUT2D eigenvalue weighted by molar-refractivity contribution is 5.16. The van der Waals surface area contributed by atoms with Crippen LogP contribution in [-0.2, 0) is 6.54 Å². The number of nitrogens with one attached hydrogen (secondary N) is 1. The average Bonchev–Trinajstić information content (AvgIpc) is 2.85. The van der Waals surface area contributed by atoms with Gasteiger partial charge in [-0.1, -0.05) is 30.3 Å². The molecule has 3 rings (SSSR count). The lowest BCUT2D eigenvalue weighted by molar-refractivity contribution is 0.132. The molecule has 0 aliphatic carbocycles. The fraction of sp³-hybridized carbons (Fsp3) is 0.600. The van der Waals surface area contributed by atoms with Crippen LogP contribution in [-0.4, -0.2) is 30.1 Å².